The molecule has 1 aromatic rings. The molecule has 2 rings (SSSR count). The van der Waals surface area contributed by atoms with Gasteiger partial charge in [-0.2, -0.15) is 0 Å². The van der Waals surface area contributed by atoms with Crippen LogP contribution in [-0.2, 0) is 24.0 Å². The van der Waals surface area contributed by atoms with Gasteiger partial charge in [-0.3, -0.25) is 0 Å². The first kappa shape index (κ1) is 15.5. The SMILES string of the molecule is CCc1cc(CC)c(C(N)CC2CCCO2)c(CC)c1. The second-order valence-corrected chi connectivity index (χ2v) is 5.87. The van der Waals surface area contributed by atoms with Crippen molar-refractivity contribution in [2.75, 3.05) is 6.61 Å². The number of hydrogen-bond donors (Lipinski definition) is 1. The Morgan fingerprint density at radius 1 is 1.15 bits per heavy atom. The summed E-state index contributed by atoms with van der Waals surface area (Å²) in [6, 6.07) is 4.82. The summed E-state index contributed by atoms with van der Waals surface area (Å²) in [4.78, 5) is 0. The predicted molar refractivity (Wildman–Crippen MR) is 85.1 cm³/mol. The normalized spacial score (nSPS) is 20.3. The van der Waals surface area contributed by atoms with Crippen molar-refractivity contribution in [1.82, 2.24) is 0 Å². The van der Waals surface area contributed by atoms with Gasteiger partial charge in [-0.05, 0) is 60.8 Å². The first-order valence-corrected chi connectivity index (χ1v) is 8.21. The van der Waals surface area contributed by atoms with E-state index in [4.69, 9.17) is 10.5 Å². The minimum atomic E-state index is 0.119. The topological polar surface area (TPSA) is 35.2 Å². The Balaban J connectivity index is 2.27. The van der Waals surface area contributed by atoms with Crippen LogP contribution in [0.25, 0.3) is 0 Å². The van der Waals surface area contributed by atoms with Crippen molar-refractivity contribution in [3.8, 4) is 0 Å². The molecule has 0 aliphatic carbocycles. The molecule has 0 saturated carbocycles. The third-order valence-corrected chi connectivity index (χ3v) is 4.49. The molecule has 2 atom stereocenters. The van der Waals surface area contributed by atoms with E-state index in [0.717, 1.165) is 32.3 Å². The van der Waals surface area contributed by atoms with Crippen molar-refractivity contribution in [1.29, 1.82) is 0 Å². The highest BCUT2D eigenvalue weighted by Crippen LogP contribution is 2.30. The molecule has 0 bridgehead atoms. The van der Waals surface area contributed by atoms with Crippen LogP contribution in [0.5, 0.6) is 0 Å². The van der Waals surface area contributed by atoms with Crippen LogP contribution in [0.2, 0.25) is 0 Å². The van der Waals surface area contributed by atoms with Crippen molar-refractivity contribution < 1.29 is 4.74 Å². The second-order valence-electron chi connectivity index (χ2n) is 5.87. The molecule has 1 aliphatic rings. The van der Waals surface area contributed by atoms with E-state index in [1.54, 1.807) is 0 Å². The first-order chi connectivity index (χ1) is 9.69. The van der Waals surface area contributed by atoms with Crippen molar-refractivity contribution in [2.24, 2.45) is 5.73 Å². The summed E-state index contributed by atoms with van der Waals surface area (Å²) >= 11 is 0. The maximum Gasteiger partial charge on any atom is 0.0594 e. The quantitative estimate of drug-likeness (QED) is 0.853. The molecular formula is C18H29NO. The average molecular weight is 275 g/mol. The Labute approximate surface area is 123 Å². The second kappa shape index (κ2) is 7.24. The Morgan fingerprint density at radius 3 is 2.25 bits per heavy atom. The summed E-state index contributed by atoms with van der Waals surface area (Å²) < 4.78 is 5.76. The fraction of sp³-hybridized carbons (Fsp3) is 0.667. The van der Waals surface area contributed by atoms with Gasteiger partial charge in [-0.25, -0.2) is 0 Å². The highest BCUT2D eigenvalue weighted by molar-refractivity contribution is 5.41. The van der Waals surface area contributed by atoms with Gasteiger partial charge >= 0.3 is 0 Å². The Kier molecular flexibility index (Phi) is 5.62. The number of hydrogen-bond acceptors (Lipinski definition) is 2. The summed E-state index contributed by atoms with van der Waals surface area (Å²) in [7, 11) is 0. The van der Waals surface area contributed by atoms with Gasteiger partial charge in [0, 0.05) is 12.6 Å². The van der Waals surface area contributed by atoms with E-state index in [9.17, 15) is 0 Å². The van der Waals surface area contributed by atoms with Crippen LogP contribution in [0.4, 0.5) is 0 Å². The zero-order valence-corrected chi connectivity index (χ0v) is 13.2. The lowest BCUT2D eigenvalue weighted by Gasteiger charge is -2.23. The molecule has 1 aliphatic heterocycles. The molecule has 1 fully saturated rings. The maximum absolute atomic E-state index is 6.54. The van der Waals surface area contributed by atoms with Crippen LogP contribution in [0, 0.1) is 0 Å². The molecule has 1 saturated heterocycles. The van der Waals surface area contributed by atoms with E-state index in [-0.39, 0.29) is 6.04 Å². The first-order valence-electron chi connectivity index (χ1n) is 8.21. The standard InChI is InChI=1S/C18H29NO/c1-4-13-10-14(5-2)18(15(6-3)11-13)17(19)12-16-8-7-9-20-16/h10-11,16-17H,4-9,12,19H2,1-3H3. The highest BCUT2D eigenvalue weighted by atomic mass is 16.5. The van der Waals surface area contributed by atoms with E-state index in [1.807, 2.05) is 0 Å². The van der Waals surface area contributed by atoms with E-state index >= 15 is 0 Å². The number of rotatable bonds is 6. The molecule has 0 spiro atoms. The van der Waals surface area contributed by atoms with Crippen LogP contribution in [0.3, 0.4) is 0 Å². The van der Waals surface area contributed by atoms with Crippen LogP contribution in [0.1, 0.15) is 68.3 Å². The van der Waals surface area contributed by atoms with Gasteiger partial charge in [-0.1, -0.05) is 32.9 Å². The van der Waals surface area contributed by atoms with Gasteiger partial charge in [0.2, 0.25) is 0 Å². The molecule has 1 aromatic carbocycles. The Morgan fingerprint density at radius 2 is 1.80 bits per heavy atom. The largest absolute Gasteiger partial charge is 0.378 e. The third-order valence-electron chi connectivity index (χ3n) is 4.49. The van der Waals surface area contributed by atoms with E-state index < -0.39 is 0 Å². The average Bonchev–Trinajstić information content (AvgIpc) is 2.98. The lowest BCUT2D eigenvalue weighted by Crippen LogP contribution is -2.21. The zero-order valence-electron chi connectivity index (χ0n) is 13.2. The lowest BCUT2D eigenvalue weighted by molar-refractivity contribution is 0.0982. The van der Waals surface area contributed by atoms with Crippen LogP contribution in [-0.4, -0.2) is 12.7 Å². The summed E-state index contributed by atoms with van der Waals surface area (Å²) in [5.41, 5.74) is 12.2. The molecule has 2 nitrogen and oxygen atoms in total. The maximum atomic E-state index is 6.54. The van der Waals surface area contributed by atoms with E-state index in [1.165, 1.54) is 35.1 Å². The van der Waals surface area contributed by atoms with Crippen molar-refractivity contribution in [2.45, 2.75) is 71.4 Å². The van der Waals surface area contributed by atoms with Gasteiger partial charge < -0.3 is 10.5 Å². The van der Waals surface area contributed by atoms with E-state index in [0.29, 0.717) is 6.10 Å². The molecular weight excluding hydrogens is 246 g/mol. The van der Waals surface area contributed by atoms with Gasteiger partial charge in [-0.15, -0.1) is 0 Å². The Bertz CT molecular complexity index is 410. The number of nitrogens with two attached hydrogens (primary N) is 1. The summed E-state index contributed by atoms with van der Waals surface area (Å²) in [5, 5.41) is 0. The molecule has 0 aromatic heterocycles. The monoisotopic (exact) mass is 275 g/mol. The van der Waals surface area contributed by atoms with Crippen molar-refractivity contribution >= 4 is 0 Å². The minimum absolute atomic E-state index is 0.119. The van der Waals surface area contributed by atoms with Crippen LogP contribution >= 0.6 is 0 Å². The highest BCUT2D eigenvalue weighted by Gasteiger charge is 2.22. The Hall–Kier alpha value is -0.860. The smallest absolute Gasteiger partial charge is 0.0594 e. The number of benzene rings is 1. The molecule has 20 heavy (non-hydrogen) atoms. The van der Waals surface area contributed by atoms with Gasteiger partial charge in [0.1, 0.15) is 0 Å². The predicted octanol–water partition coefficient (Wildman–Crippen LogP) is 3.94. The van der Waals surface area contributed by atoms with Gasteiger partial charge in [0.15, 0.2) is 0 Å². The number of aryl methyl sites for hydroxylation is 3. The summed E-state index contributed by atoms with van der Waals surface area (Å²) in [5.74, 6) is 0. The fourth-order valence-electron chi connectivity index (χ4n) is 3.35. The lowest BCUT2D eigenvalue weighted by atomic mass is 9.87. The number of ether oxygens (including phenoxy) is 1. The van der Waals surface area contributed by atoms with Crippen LogP contribution in [0.15, 0.2) is 12.1 Å². The molecule has 0 amide bonds. The fourth-order valence-corrected chi connectivity index (χ4v) is 3.35. The molecule has 2 unspecified atom stereocenters. The van der Waals surface area contributed by atoms with Crippen molar-refractivity contribution in [3.63, 3.8) is 0 Å². The summed E-state index contributed by atoms with van der Waals surface area (Å²) in [6.45, 7) is 7.60. The van der Waals surface area contributed by atoms with Gasteiger partial charge in [0.25, 0.3) is 0 Å². The van der Waals surface area contributed by atoms with Crippen LogP contribution < -0.4 is 5.73 Å². The summed E-state index contributed by atoms with van der Waals surface area (Å²) in [6.07, 6.45) is 6.92. The molecule has 0 radical (unpaired) electrons. The molecule has 1 heterocycles. The minimum Gasteiger partial charge on any atom is -0.378 e. The molecule has 2 heteroatoms. The molecule has 2 N–H and O–H groups in total. The van der Waals surface area contributed by atoms with Gasteiger partial charge in [0.05, 0.1) is 6.10 Å². The van der Waals surface area contributed by atoms with E-state index in [2.05, 4.69) is 32.9 Å². The zero-order chi connectivity index (χ0) is 14.5. The molecule has 112 valence electrons. The van der Waals surface area contributed by atoms with Crippen molar-refractivity contribution in [3.05, 3.63) is 34.4 Å². The third kappa shape index (κ3) is 3.42.